The second kappa shape index (κ2) is 2.62. The highest BCUT2D eigenvalue weighted by Gasteiger charge is 2.32. The number of hydrogen-bond acceptors (Lipinski definition) is 2. The van der Waals surface area contributed by atoms with Gasteiger partial charge in [-0.05, 0) is 25.8 Å². The standard InChI is InChI=1S/C7H13NOS/c9-10-6-5-8-4-2-1-3-7(8)10/h7H,1-6H2. The lowest BCUT2D eigenvalue weighted by atomic mass is 10.1. The molecule has 2 nitrogen and oxygen atoms in total. The Morgan fingerprint density at radius 2 is 2.20 bits per heavy atom. The van der Waals surface area contributed by atoms with E-state index >= 15 is 0 Å². The van der Waals surface area contributed by atoms with Crippen molar-refractivity contribution in [2.24, 2.45) is 0 Å². The summed E-state index contributed by atoms with van der Waals surface area (Å²) in [4.78, 5) is 2.39. The molecule has 0 aromatic carbocycles. The van der Waals surface area contributed by atoms with Crippen LogP contribution < -0.4 is 0 Å². The average molecular weight is 159 g/mol. The lowest BCUT2D eigenvalue weighted by Crippen LogP contribution is -2.35. The van der Waals surface area contributed by atoms with Crippen LogP contribution in [0.25, 0.3) is 0 Å². The minimum Gasteiger partial charge on any atom is -0.288 e. The summed E-state index contributed by atoms with van der Waals surface area (Å²) in [6, 6.07) is 0. The van der Waals surface area contributed by atoms with Crippen LogP contribution in [0.5, 0.6) is 0 Å². The van der Waals surface area contributed by atoms with E-state index in [4.69, 9.17) is 0 Å². The maximum atomic E-state index is 11.3. The zero-order valence-electron chi connectivity index (χ0n) is 6.08. The van der Waals surface area contributed by atoms with Gasteiger partial charge in [0.1, 0.15) is 0 Å². The fraction of sp³-hybridized carbons (Fsp3) is 1.00. The molecule has 58 valence electrons. The second-order valence-corrected chi connectivity index (χ2v) is 4.79. The van der Waals surface area contributed by atoms with Crippen LogP contribution in [-0.4, -0.2) is 33.3 Å². The van der Waals surface area contributed by atoms with E-state index in [0.717, 1.165) is 12.3 Å². The SMILES string of the molecule is O=S1CCN2CCCCC21. The molecule has 10 heavy (non-hydrogen) atoms. The Morgan fingerprint density at radius 1 is 1.30 bits per heavy atom. The first-order valence-corrected chi connectivity index (χ1v) is 5.37. The normalized spacial score (nSPS) is 41.6. The van der Waals surface area contributed by atoms with Crippen LogP contribution in [0.2, 0.25) is 0 Å². The maximum absolute atomic E-state index is 11.3. The molecule has 2 rings (SSSR count). The number of rotatable bonds is 0. The molecule has 2 atom stereocenters. The maximum Gasteiger partial charge on any atom is 0.0860 e. The molecular weight excluding hydrogens is 146 g/mol. The summed E-state index contributed by atoms with van der Waals surface area (Å²) in [6.45, 7) is 2.27. The van der Waals surface area contributed by atoms with Crippen molar-refractivity contribution in [3.05, 3.63) is 0 Å². The highest BCUT2D eigenvalue weighted by atomic mass is 32.2. The monoisotopic (exact) mass is 159 g/mol. The molecule has 0 saturated carbocycles. The molecule has 0 bridgehead atoms. The van der Waals surface area contributed by atoms with Crippen molar-refractivity contribution in [3.63, 3.8) is 0 Å². The molecule has 2 saturated heterocycles. The van der Waals surface area contributed by atoms with Crippen LogP contribution in [0.3, 0.4) is 0 Å². The molecule has 0 amide bonds. The molecule has 0 aromatic heterocycles. The van der Waals surface area contributed by atoms with Crippen LogP contribution in [0.4, 0.5) is 0 Å². The van der Waals surface area contributed by atoms with Crippen molar-refractivity contribution in [1.82, 2.24) is 4.90 Å². The molecule has 2 fully saturated rings. The molecule has 0 aliphatic carbocycles. The third-order valence-corrected chi connectivity index (χ3v) is 4.16. The second-order valence-electron chi connectivity index (χ2n) is 3.07. The van der Waals surface area contributed by atoms with Gasteiger partial charge in [-0.2, -0.15) is 0 Å². The molecule has 2 aliphatic heterocycles. The van der Waals surface area contributed by atoms with Crippen LogP contribution in [-0.2, 0) is 10.8 Å². The summed E-state index contributed by atoms with van der Waals surface area (Å²) in [5.41, 5.74) is 0. The minimum absolute atomic E-state index is 0.439. The van der Waals surface area contributed by atoms with E-state index in [-0.39, 0.29) is 0 Å². The van der Waals surface area contributed by atoms with Crippen molar-refractivity contribution in [3.8, 4) is 0 Å². The molecule has 0 aromatic rings. The molecule has 2 aliphatic rings. The van der Waals surface area contributed by atoms with Gasteiger partial charge in [-0.1, -0.05) is 0 Å². The highest BCUT2D eigenvalue weighted by molar-refractivity contribution is 7.85. The lowest BCUT2D eigenvalue weighted by Gasteiger charge is -2.27. The van der Waals surface area contributed by atoms with Gasteiger partial charge in [0.2, 0.25) is 0 Å². The molecule has 0 N–H and O–H groups in total. The summed E-state index contributed by atoms with van der Waals surface area (Å²) in [6.07, 6.45) is 3.77. The lowest BCUT2D eigenvalue weighted by molar-refractivity contribution is 0.230. The number of hydrogen-bond donors (Lipinski definition) is 0. The first-order chi connectivity index (χ1) is 4.88. The van der Waals surface area contributed by atoms with Crippen molar-refractivity contribution in [2.75, 3.05) is 18.8 Å². The van der Waals surface area contributed by atoms with Gasteiger partial charge in [0.25, 0.3) is 0 Å². The third kappa shape index (κ3) is 1.01. The average Bonchev–Trinajstić information content (AvgIpc) is 2.34. The minimum atomic E-state index is -0.513. The van der Waals surface area contributed by atoms with Crippen molar-refractivity contribution in [1.29, 1.82) is 0 Å². The zero-order chi connectivity index (χ0) is 6.97. The van der Waals surface area contributed by atoms with E-state index in [1.54, 1.807) is 0 Å². The number of fused-ring (bicyclic) bond motifs is 1. The summed E-state index contributed by atoms with van der Waals surface area (Å²) in [7, 11) is -0.513. The number of piperidine rings is 1. The largest absolute Gasteiger partial charge is 0.288 e. The Morgan fingerprint density at radius 3 is 3.00 bits per heavy atom. The predicted molar refractivity (Wildman–Crippen MR) is 42.2 cm³/mol. The highest BCUT2D eigenvalue weighted by Crippen LogP contribution is 2.23. The van der Waals surface area contributed by atoms with Crippen LogP contribution in [0, 0.1) is 0 Å². The van der Waals surface area contributed by atoms with Crippen molar-refractivity contribution >= 4 is 10.8 Å². The summed E-state index contributed by atoms with van der Waals surface area (Å²) >= 11 is 0. The first kappa shape index (κ1) is 6.80. The van der Waals surface area contributed by atoms with Gasteiger partial charge in [0.05, 0.1) is 5.37 Å². The first-order valence-electron chi connectivity index (χ1n) is 3.99. The van der Waals surface area contributed by atoms with Gasteiger partial charge in [0, 0.05) is 23.1 Å². The molecule has 0 radical (unpaired) electrons. The third-order valence-electron chi connectivity index (χ3n) is 2.44. The van der Waals surface area contributed by atoms with Crippen LogP contribution >= 0.6 is 0 Å². The van der Waals surface area contributed by atoms with Crippen LogP contribution in [0.1, 0.15) is 19.3 Å². The Bertz CT molecular complexity index is 160. The Hall–Kier alpha value is 0.110. The molecule has 2 heterocycles. The van der Waals surface area contributed by atoms with Crippen molar-refractivity contribution in [2.45, 2.75) is 24.6 Å². The van der Waals surface area contributed by atoms with E-state index in [1.165, 1.54) is 25.8 Å². The van der Waals surface area contributed by atoms with Gasteiger partial charge < -0.3 is 0 Å². The predicted octanol–water partition coefficient (Wildman–Crippen LogP) is 0.561. The quantitative estimate of drug-likeness (QED) is 0.515. The Balaban J connectivity index is 2.08. The van der Waals surface area contributed by atoms with Gasteiger partial charge in [0.15, 0.2) is 0 Å². The molecular formula is C7H13NOS. The molecule has 3 heteroatoms. The van der Waals surface area contributed by atoms with Gasteiger partial charge >= 0.3 is 0 Å². The van der Waals surface area contributed by atoms with E-state index in [2.05, 4.69) is 4.90 Å². The van der Waals surface area contributed by atoms with E-state index in [1.807, 2.05) is 0 Å². The van der Waals surface area contributed by atoms with Gasteiger partial charge in [-0.3, -0.25) is 9.11 Å². The fourth-order valence-corrected chi connectivity index (χ4v) is 3.52. The van der Waals surface area contributed by atoms with Crippen LogP contribution in [0.15, 0.2) is 0 Å². The van der Waals surface area contributed by atoms with Gasteiger partial charge in [-0.25, -0.2) is 0 Å². The Kier molecular flexibility index (Phi) is 1.78. The topological polar surface area (TPSA) is 20.3 Å². The smallest absolute Gasteiger partial charge is 0.0860 e. The summed E-state index contributed by atoms with van der Waals surface area (Å²) in [5.74, 6) is 0.921. The molecule has 0 spiro atoms. The molecule has 2 unspecified atom stereocenters. The summed E-state index contributed by atoms with van der Waals surface area (Å²) < 4.78 is 11.3. The number of nitrogens with zero attached hydrogens (tertiary/aromatic N) is 1. The van der Waals surface area contributed by atoms with E-state index < -0.39 is 10.8 Å². The summed E-state index contributed by atoms with van der Waals surface area (Å²) in [5, 5.41) is 0.439. The van der Waals surface area contributed by atoms with E-state index in [0.29, 0.717) is 5.37 Å². The zero-order valence-corrected chi connectivity index (χ0v) is 6.90. The van der Waals surface area contributed by atoms with E-state index in [9.17, 15) is 4.21 Å². The van der Waals surface area contributed by atoms with Gasteiger partial charge in [-0.15, -0.1) is 0 Å². The Labute approximate surface area is 64.1 Å². The fourth-order valence-electron chi connectivity index (χ4n) is 1.86. The van der Waals surface area contributed by atoms with Crippen molar-refractivity contribution < 1.29 is 4.21 Å².